The van der Waals surface area contributed by atoms with Gasteiger partial charge in [0.1, 0.15) is 6.29 Å². The molecule has 0 N–H and O–H groups in total. The Bertz CT molecular complexity index is 96.6. The molecule has 0 aliphatic heterocycles. The second-order valence-electron chi connectivity index (χ2n) is 2.94. The van der Waals surface area contributed by atoms with E-state index in [0.29, 0.717) is 17.8 Å². The lowest BCUT2D eigenvalue weighted by molar-refractivity contribution is -0.109. The first-order chi connectivity index (χ1) is 3.75. The van der Waals surface area contributed by atoms with E-state index in [1.165, 1.54) is 0 Å². The maximum Gasteiger partial charge on any atom is 0.123 e. The van der Waals surface area contributed by atoms with Gasteiger partial charge in [-0.1, -0.05) is 13.8 Å². The fraction of sp³-hybridized carbons (Fsp3) is 0.857. The van der Waals surface area contributed by atoms with Gasteiger partial charge in [-0.25, -0.2) is 0 Å². The molecular weight excluding hydrogens is 100 g/mol. The molecule has 1 aliphatic rings. The lowest BCUT2D eigenvalue weighted by atomic mass is 10.1. The lowest BCUT2D eigenvalue weighted by Gasteiger charge is -1.96. The zero-order valence-electron chi connectivity index (χ0n) is 5.42. The Labute approximate surface area is 50.1 Å². The fourth-order valence-corrected chi connectivity index (χ4v) is 1.16. The first kappa shape index (κ1) is 5.80. The topological polar surface area (TPSA) is 17.1 Å². The minimum atomic E-state index is 0.412. The van der Waals surface area contributed by atoms with Gasteiger partial charge >= 0.3 is 0 Å². The van der Waals surface area contributed by atoms with Gasteiger partial charge in [-0.15, -0.1) is 0 Å². The Kier molecular flexibility index (Phi) is 1.37. The average molecular weight is 112 g/mol. The molecule has 0 bridgehead atoms. The summed E-state index contributed by atoms with van der Waals surface area (Å²) in [7, 11) is 0. The van der Waals surface area contributed by atoms with E-state index in [4.69, 9.17) is 0 Å². The molecule has 0 aromatic carbocycles. The summed E-state index contributed by atoms with van der Waals surface area (Å²) in [5, 5.41) is 0. The second kappa shape index (κ2) is 1.88. The highest BCUT2D eigenvalue weighted by Gasteiger charge is 2.38. The minimum Gasteiger partial charge on any atom is -0.303 e. The minimum absolute atomic E-state index is 0.412. The number of hydrogen-bond acceptors (Lipinski definition) is 1. The van der Waals surface area contributed by atoms with E-state index in [-0.39, 0.29) is 0 Å². The lowest BCUT2D eigenvalue weighted by Crippen LogP contribution is -1.92. The Morgan fingerprint density at radius 1 is 1.62 bits per heavy atom. The third-order valence-electron chi connectivity index (χ3n) is 1.92. The first-order valence-electron chi connectivity index (χ1n) is 3.21. The summed E-state index contributed by atoms with van der Waals surface area (Å²) in [5.74, 6) is 1.84. The Hall–Kier alpha value is -0.330. The van der Waals surface area contributed by atoms with Gasteiger partial charge < -0.3 is 4.79 Å². The van der Waals surface area contributed by atoms with Crippen LogP contribution in [0.4, 0.5) is 0 Å². The summed E-state index contributed by atoms with van der Waals surface area (Å²) in [6.07, 6.45) is 2.23. The maximum absolute atomic E-state index is 10.1. The standard InChI is InChI=1S/C7H12O/c1-5(2)7-3-6(7)4-8/h4-7H,3H2,1-2H3. The largest absolute Gasteiger partial charge is 0.303 e. The van der Waals surface area contributed by atoms with Gasteiger partial charge in [0.05, 0.1) is 0 Å². The van der Waals surface area contributed by atoms with Crippen molar-refractivity contribution >= 4 is 6.29 Å². The number of aldehydes is 1. The molecular formula is C7H12O. The number of hydrogen-bond donors (Lipinski definition) is 0. The van der Waals surface area contributed by atoms with Crippen LogP contribution >= 0.6 is 0 Å². The van der Waals surface area contributed by atoms with Crippen molar-refractivity contribution in [3.8, 4) is 0 Å². The van der Waals surface area contributed by atoms with Crippen LogP contribution < -0.4 is 0 Å². The van der Waals surface area contributed by atoms with Gasteiger partial charge in [-0.05, 0) is 18.3 Å². The number of carbonyl (C=O) groups is 1. The van der Waals surface area contributed by atoms with Crippen LogP contribution in [0.15, 0.2) is 0 Å². The zero-order valence-corrected chi connectivity index (χ0v) is 5.42. The predicted molar refractivity (Wildman–Crippen MR) is 32.5 cm³/mol. The summed E-state index contributed by atoms with van der Waals surface area (Å²) in [5.41, 5.74) is 0. The summed E-state index contributed by atoms with van der Waals surface area (Å²) < 4.78 is 0. The van der Waals surface area contributed by atoms with Gasteiger partial charge in [0.15, 0.2) is 0 Å². The molecule has 1 fully saturated rings. The van der Waals surface area contributed by atoms with Crippen molar-refractivity contribution in [3.63, 3.8) is 0 Å². The van der Waals surface area contributed by atoms with E-state index in [9.17, 15) is 4.79 Å². The van der Waals surface area contributed by atoms with E-state index in [1.54, 1.807) is 0 Å². The van der Waals surface area contributed by atoms with Crippen LogP contribution in [0.2, 0.25) is 0 Å². The number of rotatable bonds is 2. The Balaban J connectivity index is 2.26. The van der Waals surface area contributed by atoms with Crippen LogP contribution in [-0.2, 0) is 4.79 Å². The molecule has 1 heteroatoms. The van der Waals surface area contributed by atoms with E-state index >= 15 is 0 Å². The van der Waals surface area contributed by atoms with Crippen LogP contribution in [0.5, 0.6) is 0 Å². The van der Waals surface area contributed by atoms with Crippen molar-refractivity contribution in [2.45, 2.75) is 20.3 Å². The van der Waals surface area contributed by atoms with Crippen LogP contribution in [0.1, 0.15) is 20.3 Å². The molecule has 2 atom stereocenters. The zero-order chi connectivity index (χ0) is 6.15. The van der Waals surface area contributed by atoms with Crippen LogP contribution in [0.25, 0.3) is 0 Å². The van der Waals surface area contributed by atoms with Crippen molar-refractivity contribution in [2.24, 2.45) is 17.8 Å². The third kappa shape index (κ3) is 0.908. The smallest absolute Gasteiger partial charge is 0.123 e. The van der Waals surface area contributed by atoms with Crippen LogP contribution in [0, 0.1) is 17.8 Å². The van der Waals surface area contributed by atoms with Crippen LogP contribution in [-0.4, -0.2) is 6.29 Å². The Morgan fingerprint density at radius 2 is 2.25 bits per heavy atom. The molecule has 1 nitrogen and oxygen atoms in total. The fourth-order valence-electron chi connectivity index (χ4n) is 1.16. The summed E-state index contributed by atoms with van der Waals surface area (Å²) in [4.78, 5) is 10.1. The molecule has 0 radical (unpaired) electrons. The molecule has 2 unspecified atom stereocenters. The van der Waals surface area contributed by atoms with E-state index in [2.05, 4.69) is 13.8 Å². The van der Waals surface area contributed by atoms with Crippen molar-refractivity contribution in [2.75, 3.05) is 0 Å². The molecule has 0 heterocycles. The molecule has 0 saturated heterocycles. The third-order valence-corrected chi connectivity index (χ3v) is 1.92. The molecule has 8 heavy (non-hydrogen) atoms. The van der Waals surface area contributed by atoms with Crippen molar-refractivity contribution in [1.82, 2.24) is 0 Å². The average Bonchev–Trinajstić information content (AvgIpc) is 2.42. The quantitative estimate of drug-likeness (QED) is 0.494. The molecule has 0 amide bonds. The van der Waals surface area contributed by atoms with Crippen molar-refractivity contribution in [1.29, 1.82) is 0 Å². The molecule has 1 saturated carbocycles. The van der Waals surface area contributed by atoms with Crippen LogP contribution in [0.3, 0.4) is 0 Å². The van der Waals surface area contributed by atoms with E-state index in [0.717, 1.165) is 12.7 Å². The molecule has 0 aromatic rings. The molecule has 0 spiro atoms. The van der Waals surface area contributed by atoms with Gasteiger partial charge in [0.2, 0.25) is 0 Å². The van der Waals surface area contributed by atoms with E-state index in [1.807, 2.05) is 0 Å². The van der Waals surface area contributed by atoms with Crippen molar-refractivity contribution < 1.29 is 4.79 Å². The van der Waals surface area contributed by atoms with Gasteiger partial charge in [-0.3, -0.25) is 0 Å². The maximum atomic E-state index is 10.1. The monoisotopic (exact) mass is 112 g/mol. The van der Waals surface area contributed by atoms with Gasteiger partial charge in [-0.2, -0.15) is 0 Å². The van der Waals surface area contributed by atoms with Gasteiger partial charge in [0.25, 0.3) is 0 Å². The molecule has 1 rings (SSSR count). The Morgan fingerprint density at radius 3 is 2.38 bits per heavy atom. The molecule has 46 valence electrons. The highest BCUT2D eigenvalue weighted by atomic mass is 16.1. The highest BCUT2D eigenvalue weighted by Crippen LogP contribution is 2.42. The predicted octanol–water partition coefficient (Wildman–Crippen LogP) is 1.48. The van der Waals surface area contributed by atoms with Gasteiger partial charge in [0, 0.05) is 5.92 Å². The summed E-state index contributed by atoms with van der Waals surface area (Å²) in [6.45, 7) is 4.35. The molecule has 1 aliphatic carbocycles. The number of carbonyl (C=O) groups excluding carboxylic acids is 1. The second-order valence-corrected chi connectivity index (χ2v) is 2.94. The summed E-state index contributed by atoms with van der Waals surface area (Å²) in [6, 6.07) is 0. The normalized spacial score (nSPS) is 35.4. The molecule has 0 aromatic heterocycles. The summed E-state index contributed by atoms with van der Waals surface area (Å²) >= 11 is 0. The first-order valence-corrected chi connectivity index (χ1v) is 3.21. The van der Waals surface area contributed by atoms with E-state index < -0.39 is 0 Å². The SMILES string of the molecule is CC(C)C1CC1C=O. The highest BCUT2D eigenvalue weighted by molar-refractivity contribution is 5.58. The van der Waals surface area contributed by atoms with Crippen molar-refractivity contribution in [3.05, 3.63) is 0 Å².